The summed E-state index contributed by atoms with van der Waals surface area (Å²) >= 11 is 0. The highest BCUT2D eigenvalue weighted by Crippen LogP contribution is 2.25. The first-order valence-electron chi connectivity index (χ1n) is 2.90. The Morgan fingerprint density at radius 1 is 1.50 bits per heavy atom. The van der Waals surface area contributed by atoms with Crippen LogP contribution in [0.3, 0.4) is 0 Å². The van der Waals surface area contributed by atoms with Crippen molar-refractivity contribution in [2.75, 3.05) is 13.2 Å². The minimum atomic E-state index is -5.43. The van der Waals surface area contributed by atoms with E-state index in [0.717, 1.165) is 0 Å². The standard InChI is InChI=1S/C4H5F3O4S/c5-4(6,7)12(8,9)11-2-3-1-10-3/h3H,1-2H2/t3-/m0/s1. The van der Waals surface area contributed by atoms with E-state index >= 15 is 0 Å². The zero-order chi connectivity index (χ0) is 9.41. The highest BCUT2D eigenvalue weighted by atomic mass is 32.2. The predicted octanol–water partition coefficient (Wildman–Crippen LogP) is 0.251. The summed E-state index contributed by atoms with van der Waals surface area (Å²) in [7, 11) is -5.43. The number of epoxide rings is 1. The van der Waals surface area contributed by atoms with Crippen LogP contribution in [-0.4, -0.2) is 33.2 Å². The van der Waals surface area contributed by atoms with Crippen molar-refractivity contribution in [2.45, 2.75) is 11.6 Å². The van der Waals surface area contributed by atoms with Crippen LogP contribution in [0.4, 0.5) is 13.2 Å². The van der Waals surface area contributed by atoms with Gasteiger partial charge in [-0.15, -0.1) is 0 Å². The highest BCUT2D eigenvalue weighted by molar-refractivity contribution is 7.87. The fourth-order valence-corrected chi connectivity index (χ4v) is 0.861. The van der Waals surface area contributed by atoms with E-state index in [1.807, 2.05) is 0 Å². The van der Waals surface area contributed by atoms with Crippen molar-refractivity contribution in [3.63, 3.8) is 0 Å². The van der Waals surface area contributed by atoms with Gasteiger partial charge in [0.05, 0.1) is 13.2 Å². The number of rotatable bonds is 3. The van der Waals surface area contributed by atoms with Gasteiger partial charge in [0, 0.05) is 0 Å². The first kappa shape index (κ1) is 9.75. The van der Waals surface area contributed by atoms with Crippen LogP contribution in [0.5, 0.6) is 0 Å². The molecule has 0 aromatic carbocycles. The third kappa shape index (κ3) is 2.32. The molecule has 0 aliphatic carbocycles. The second-order valence-corrected chi connectivity index (χ2v) is 3.75. The molecule has 0 aromatic rings. The van der Waals surface area contributed by atoms with Gasteiger partial charge < -0.3 is 4.74 Å². The van der Waals surface area contributed by atoms with Crippen LogP contribution in [0.2, 0.25) is 0 Å². The predicted molar refractivity (Wildman–Crippen MR) is 30.7 cm³/mol. The van der Waals surface area contributed by atoms with Gasteiger partial charge in [0.25, 0.3) is 0 Å². The summed E-state index contributed by atoms with van der Waals surface area (Å²) in [5.41, 5.74) is -5.35. The molecule has 0 bridgehead atoms. The van der Waals surface area contributed by atoms with Crippen LogP contribution in [0, 0.1) is 0 Å². The lowest BCUT2D eigenvalue weighted by atomic mass is 10.5. The Bertz CT molecular complexity index is 252. The fourth-order valence-electron chi connectivity index (χ4n) is 0.397. The molecule has 8 heteroatoms. The maximum atomic E-state index is 11.6. The van der Waals surface area contributed by atoms with Crippen molar-refractivity contribution < 1.29 is 30.5 Å². The molecule has 1 rings (SSSR count). The normalized spacial score (nSPS) is 24.1. The van der Waals surface area contributed by atoms with Gasteiger partial charge in [-0.05, 0) is 0 Å². The van der Waals surface area contributed by atoms with Gasteiger partial charge in [-0.3, -0.25) is 4.18 Å². The quantitative estimate of drug-likeness (QED) is 0.377. The summed E-state index contributed by atoms with van der Waals surface area (Å²) in [6.45, 7) is -0.324. The van der Waals surface area contributed by atoms with Gasteiger partial charge in [-0.25, -0.2) is 0 Å². The average Bonchev–Trinajstić information content (AvgIpc) is 2.62. The number of hydrogen-bond donors (Lipinski definition) is 0. The highest BCUT2D eigenvalue weighted by Gasteiger charge is 2.48. The molecule has 0 radical (unpaired) electrons. The van der Waals surface area contributed by atoms with E-state index in [0.29, 0.717) is 0 Å². The Hall–Kier alpha value is -0.340. The van der Waals surface area contributed by atoms with E-state index in [2.05, 4.69) is 8.92 Å². The molecule has 0 spiro atoms. The number of ether oxygens (including phenoxy) is 1. The molecule has 12 heavy (non-hydrogen) atoms. The van der Waals surface area contributed by atoms with E-state index in [4.69, 9.17) is 0 Å². The second-order valence-electron chi connectivity index (χ2n) is 2.14. The molecular formula is C4H5F3O4S. The third-order valence-electron chi connectivity index (χ3n) is 1.09. The van der Waals surface area contributed by atoms with Crippen molar-refractivity contribution in [3.05, 3.63) is 0 Å². The molecule has 1 saturated heterocycles. The summed E-state index contributed by atoms with van der Waals surface area (Å²) in [6, 6.07) is 0. The molecule has 72 valence electrons. The summed E-state index contributed by atoms with van der Waals surface area (Å²) in [5.74, 6) is 0. The molecule has 1 atom stereocenters. The lowest BCUT2D eigenvalue weighted by Gasteiger charge is -2.06. The third-order valence-corrected chi connectivity index (χ3v) is 2.11. The van der Waals surface area contributed by atoms with Crippen molar-refractivity contribution in [2.24, 2.45) is 0 Å². The van der Waals surface area contributed by atoms with Crippen molar-refractivity contribution in [1.29, 1.82) is 0 Å². The first-order valence-corrected chi connectivity index (χ1v) is 4.31. The summed E-state index contributed by atoms with van der Waals surface area (Å²) in [6.07, 6.45) is -0.512. The average molecular weight is 206 g/mol. The van der Waals surface area contributed by atoms with Crippen molar-refractivity contribution >= 4 is 10.1 Å². The molecule has 1 aliphatic heterocycles. The first-order chi connectivity index (χ1) is 5.33. The molecule has 0 unspecified atom stereocenters. The van der Waals surface area contributed by atoms with Crippen molar-refractivity contribution in [3.8, 4) is 0 Å². The number of halogens is 3. The van der Waals surface area contributed by atoms with Gasteiger partial charge >= 0.3 is 15.6 Å². The molecule has 4 nitrogen and oxygen atoms in total. The Morgan fingerprint density at radius 2 is 2.00 bits per heavy atom. The van der Waals surface area contributed by atoms with E-state index in [9.17, 15) is 21.6 Å². The van der Waals surface area contributed by atoms with Gasteiger partial charge in [-0.1, -0.05) is 0 Å². The lowest BCUT2D eigenvalue weighted by Crippen LogP contribution is -2.26. The maximum Gasteiger partial charge on any atom is 0.523 e. The number of hydrogen-bond acceptors (Lipinski definition) is 4. The summed E-state index contributed by atoms with van der Waals surface area (Å²) in [5, 5.41) is 0. The van der Waals surface area contributed by atoms with Gasteiger partial charge in [0.2, 0.25) is 0 Å². The summed E-state index contributed by atoms with van der Waals surface area (Å²) in [4.78, 5) is 0. The Balaban J connectivity index is 2.47. The molecule has 0 aromatic heterocycles. The molecule has 1 aliphatic rings. The van der Waals surface area contributed by atoms with Crippen LogP contribution in [-0.2, 0) is 19.0 Å². The van der Waals surface area contributed by atoms with Crippen LogP contribution >= 0.6 is 0 Å². The van der Waals surface area contributed by atoms with E-state index in [-0.39, 0.29) is 6.61 Å². The zero-order valence-corrected chi connectivity index (χ0v) is 6.48. The molecule has 0 saturated carbocycles. The van der Waals surface area contributed by atoms with Crippen LogP contribution in [0.15, 0.2) is 0 Å². The van der Waals surface area contributed by atoms with Crippen LogP contribution < -0.4 is 0 Å². The largest absolute Gasteiger partial charge is 0.523 e. The van der Waals surface area contributed by atoms with E-state index < -0.39 is 28.3 Å². The summed E-state index contributed by atoms with van der Waals surface area (Å²) < 4.78 is 63.1. The topological polar surface area (TPSA) is 55.9 Å². The Kier molecular flexibility index (Phi) is 2.32. The van der Waals surface area contributed by atoms with Crippen molar-refractivity contribution in [1.82, 2.24) is 0 Å². The molecule has 0 N–H and O–H groups in total. The van der Waals surface area contributed by atoms with Gasteiger partial charge in [0.15, 0.2) is 0 Å². The molecular weight excluding hydrogens is 201 g/mol. The second kappa shape index (κ2) is 2.86. The monoisotopic (exact) mass is 206 g/mol. The fraction of sp³-hybridized carbons (Fsp3) is 1.00. The van der Waals surface area contributed by atoms with E-state index in [1.165, 1.54) is 0 Å². The van der Waals surface area contributed by atoms with Gasteiger partial charge in [0.1, 0.15) is 6.10 Å². The lowest BCUT2D eigenvalue weighted by molar-refractivity contribution is -0.0544. The zero-order valence-electron chi connectivity index (χ0n) is 5.67. The van der Waals surface area contributed by atoms with Crippen LogP contribution in [0.25, 0.3) is 0 Å². The Labute approximate surface area is 66.4 Å². The minimum absolute atomic E-state index is 0.243. The van der Waals surface area contributed by atoms with Gasteiger partial charge in [-0.2, -0.15) is 21.6 Å². The molecule has 0 amide bonds. The smallest absolute Gasteiger partial charge is 0.371 e. The SMILES string of the molecule is O=S(=O)(OC[C@@H]1CO1)C(F)(F)F. The minimum Gasteiger partial charge on any atom is -0.371 e. The maximum absolute atomic E-state index is 11.6. The molecule has 1 fully saturated rings. The van der Waals surface area contributed by atoms with E-state index in [1.54, 1.807) is 0 Å². The Morgan fingerprint density at radius 3 is 2.33 bits per heavy atom. The number of alkyl halides is 3. The van der Waals surface area contributed by atoms with Crippen LogP contribution in [0.1, 0.15) is 0 Å². The molecule has 1 heterocycles.